The second-order valence-corrected chi connectivity index (χ2v) is 10.9. The van der Waals surface area contributed by atoms with Crippen molar-refractivity contribution in [2.24, 2.45) is 0 Å². The average molecular weight is 470 g/mol. The molecule has 6 nitrogen and oxygen atoms in total. The molecule has 0 aliphatic heterocycles. The molecule has 168 valence electrons. The van der Waals surface area contributed by atoms with E-state index in [0.717, 1.165) is 36.9 Å². The number of nitrogens with zero attached hydrogens (tertiary/aromatic N) is 2. The van der Waals surface area contributed by atoms with Crippen molar-refractivity contribution in [3.8, 4) is 11.3 Å². The van der Waals surface area contributed by atoms with Crippen molar-refractivity contribution >= 4 is 32.4 Å². The molecule has 0 unspecified atom stereocenters. The Labute approximate surface area is 193 Å². The lowest BCUT2D eigenvalue weighted by Gasteiger charge is -2.21. The van der Waals surface area contributed by atoms with Gasteiger partial charge in [0.25, 0.3) is 5.91 Å². The van der Waals surface area contributed by atoms with E-state index in [2.05, 4.69) is 22.4 Å². The highest BCUT2D eigenvalue weighted by Gasteiger charge is 2.24. The van der Waals surface area contributed by atoms with Crippen LogP contribution in [0.15, 0.2) is 53.4 Å². The van der Waals surface area contributed by atoms with Crippen LogP contribution in [0.25, 0.3) is 11.3 Å². The van der Waals surface area contributed by atoms with E-state index in [4.69, 9.17) is 0 Å². The highest BCUT2D eigenvalue weighted by atomic mass is 32.2. The van der Waals surface area contributed by atoms with Gasteiger partial charge in [0.1, 0.15) is 0 Å². The highest BCUT2D eigenvalue weighted by Crippen LogP contribution is 2.38. The van der Waals surface area contributed by atoms with E-state index in [-0.39, 0.29) is 10.8 Å². The molecule has 0 fully saturated rings. The van der Waals surface area contributed by atoms with Crippen molar-refractivity contribution in [2.45, 2.75) is 44.4 Å². The van der Waals surface area contributed by atoms with Gasteiger partial charge in [0.15, 0.2) is 5.13 Å². The fraction of sp³-hybridized carbons (Fsp3) is 0.333. The quantitative estimate of drug-likeness (QED) is 0.505. The minimum absolute atomic E-state index is 0.206. The van der Waals surface area contributed by atoms with Crippen molar-refractivity contribution in [2.75, 3.05) is 18.4 Å². The van der Waals surface area contributed by atoms with Crippen LogP contribution < -0.4 is 5.32 Å². The normalized spacial score (nSPS) is 13.0. The minimum Gasteiger partial charge on any atom is -0.298 e. The molecule has 0 saturated heterocycles. The van der Waals surface area contributed by atoms with Gasteiger partial charge in [0, 0.05) is 29.1 Å². The number of anilines is 1. The van der Waals surface area contributed by atoms with Crippen molar-refractivity contribution < 1.29 is 13.2 Å². The third kappa shape index (κ3) is 4.48. The maximum Gasteiger partial charge on any atom is 0.257 e. The third-order valence-electron chi connectivity index (χ3n) is 5.51. The number of thiazole rings is 1. The summed E-state index contributed by atoms with van der Waals surface area (Å²) in [6.07, 6.45) is 3.39. The van der Waals surface area contributed by atoms with E-state index < -0.39 is 10.0 Å². The minimum atomic E-state index is -3.57. The van der Waals surface area contributed by atoms with Gasteiger partial charge in [-0.25, -0.2) is 13.4 Å². The van der Waals surface area contributed by atoms with Crippen LogP contribution >= 0.6 is 11.3 Å². The molecular formula is C24H27N3O3S2. The van der Waals surface area contributed by atoms with Gasteiger partial charge in [0.2, 0.25) is 10.0 Å². The van der Waals surface area contributed by atoms with Crippen molar-refractivity contribution in [1.82, 2.24) is 9.29 Å². The molecule has 32 heavy (non-hydrogen) atoms. The lowest BCUT2D eigenvalue weighted by Crippen LogP contribution is -2.32. The average Bonchev–Trinajstić information content (AvgIpc) is 3.22. The summed E-state index contributed by atoms with van der Waals surface area (Å²) < 4.78 is 27.3. The highest BCUT2D eigenvalue weighted by molar-refractivity contribution is 7.89. The van der Waals surface area contributed by atoms with Crippen LogP contribution in [0, 0.1) is 0 Å². The predicted octanol–water partition coefficient (Wildman–Crippen LogP) is 4.97. The predicted molar refractivity (Wildman–Crippen MR) is 129 cm³/mol. The van der Waals surface area contributed by atoms with E-state index >= 15 is 0 Å². The maximum atomic E-state index is 12.9. The van der Waals surface area contributed by atoms with Gasteiger partial charge in [-0.15, -0.1) is 11.3 Å². The number of benzene rings is 2. The molecule has 2 aromatic carbocycles. The first-order valence-electron chi connectivity index (χ1n) is 10.9. The van der Waals surface area contributed by atoms with Crippen LogP contribution in [0.5, 0.6) is 0 Å². The largest absolute Gasteiger partial charge is 0.298 e. The number of fused-ring (bicyclic) bond motifs is 3. The molecule has 3 aromatic rings. The topological polar surface area (TPSA) is 79.4 Å². The zero-order valence-electron chi connectivity index (χ0n) is 18.3. The van der Waals surface area contributed by atoms with E-state index in [9.17, 15) is 13.2 Å². The first-order valence-corrected chi connectivity index (χ1v) is 13.2. The monoisotopic (exact) mass is 469 g/mol. The van der Waals surface area contributed by atoms with Crippen LogP contribution in [0.4, 0.5) is 5.13 Å². The summed E-state index contributed by atoms with van der Waals surface area (Å²) in [6, 6.07) is 14.3. The van der Waals surface area contributed by atoms with Crippen LogP contribution in [-0.4, -0.2) is 36.7 Å². The van der Waals surface area contributed by atoms with E-state index in [1.165, 1.54) is 38.2 Å². The molecule has 0 saturated carbocycles. The number of hydrogen-bond donors (Lipinski definition) is 1. The van der Waals surface area contributed by atoms with Gasteiger partial charge < -0.3 is 0 Å². The first-order chi connectivity index (χ1) is 15.4. The third-order valence-corrected chi connectivity index (χ3v) is 8.46. The molecule has 0 radical (unpaired) electrons. The molecule has 0 bridgehead atoms. The maximum absolute atomic E-state index is 12.9. The summed E-state index contributed by atoms with van der Waals surface area (Å²) in [5, 5.41) is 3.44. The Balaban J connectivity index is 1.50. The number of sulfonamides is 1. The molecule has 4 rings (SSSR count). The smallest absolute Gasteiger partial charge is 0.257 e. The summed E-state index contributed by atoms with van der Waals surface area (Å²) in [5.74, 6) is -0.299. The molecule has 0 atom stereocenters. The molecule has 1 amide bonds. The first kappa shape index (κ1) is 22.6. The molecular weight excluding hydrogens is 442 g/mol. The molecule has 1 aromatic heterocycles. The van der Waals surface area contributed by atoms with Gasteiger partial charge >= 0.3 is 0 Å². The summed E-state index contributed by atoms with van der Waals surface area (Å²) in [4.78, 5) is 18.8. The summed E-state index contributed by atoms with van der Waals surface area (Å²) >= 11 is 1.50. The lowest BCUT2D eigenvalue weighted by atomic mass is 9.94. The Morgan fingerprint density at radius 2 is 1.72 bits per heavy atom. The SMILES string of the molecule is CCCN(CCC)S(=O)(=O)c1ccc(C(=O)Nc2nc3c(s2)CCc2ccccc2-3)cc1. The van der Waals surface area contributed by atoms with Crippen LogP contribution in [0.2, 0.25) is 0 Å². The number of carbonyl (C=O) groups excluding carboxylic acids is 1. The van der Waals surface area contributed by atoms with Crippen LogP contribution in [0.1, 0.15) is 47.5 Å². The summed E-state index contributed by atoms with van der Waals surface area (Å²) in [7, 11) is -3.57. The van der Waals surface area contributed by atoms with Crippen molar-refractivity contribution in [3.63, 3.8) is 0 Å². The zero-order valence-corrected chi connectivity index (χ0v) is 19.9. The van der Waals surface area contributed by atoms with E-state index in [1.54, 1.807) is 12.1 Å². The van der Waals surface area contributed by atoms with E-state index in [1.807, 2.05) is 26.0 Å². The Morgan fingerprint density at radius 3 is 2.41 bits per heavy atom. The molecule has 1 aliphatic rings. The molecule has 1 aliphatic carbocycles. The Hall–Kier alpha value is -2.55. The number of nitrogens with one attached hydrogen (secondary N) is 1. The fourth-order valence-corrected chi connectivity index (χ4v) is 6.54. The summed E-state index contributed by atoms with van der Waals surface area (Å²) in [6.45, 7) is 4.88. The Bertz CT molecular complexity index is 1210. The number of hydrogen-bond acceptors (Lipinski definition) is 5. The fourth-order valence-electron chi connectivity index (χ4n) is 3.95. The second kappa shape index (κ2) is 9.52. The standard InChI is InChI=1S/C24H27N3O3S2/c1-3-15-27(16-4-2)32(29,30)19-12-9-18(10-13-19)23(28)26-24-25-22-20-8-6-5-7-17(20)11-14-21(22)31-24/h5-10,12-13H,3-4,11,14-16H2,1-2H3,(H,25,26,28). The van der Waals surface area contributed by atoms with E-state index in [0.29, 0.717) is 23.8 Å². The van der Waals surface area contributed by atoms with Gasteiger partial charge in [-0.3, -0.25) is 10.1 Å². The van der Waals surface area contributed by atoms with Gasteiger partial charge in [-0.05, 0) is 55.5 Å². The number of carbonyl (C=O) groups is 1. The van der Waals surface area contributed by atoms with Crippen LogP contribution in [-0.2, 0) is 22.9 Å². The summed E-state index contributed by atoms with van der Waals surface area (Å²) in [5.41, 5.74) is 3.75. The Kier molecular flexibility index (Phi) is 6.74. The van der Waals surface area contributed by atoms with Crippen molar-refractivity contribution in [1.29, 1.82) is 0 Å². The van der Waals surface area contributed by atoms with Gasteiger partial charge in [0.05, 0.1) is 10.6 Å². The van der Waals surface area contributed by atoms with Crippen molar-refractivity contribution in [3.05, 3.63) is 64.5 Å². The molecule has 1 heterocycles. The number of amides is 1. The lowest BCUT2D eigenvalue weighted by molar-refractivity contribution is 0.102. The number of aryl methyl sites for hydroxylation is 2. The van der Waals surface area contributed by atoms with Gasteiger partial charge in [-0.2, -0.15) is 4.31 Å². The van der Waals surface area contributed by atoms with Crippen LogP contribution in [0.3, 0.4) is 0 Å². The molecule has 8 heteroatoms. The van der Waals surface area contributed by atoms with Gasteiger partial charge in [-0.1, -0.05) is 38.1 Å². The zero-order chi connectivity index (χ0) is 22.7. The molecule has 1 N–H and O–H groups in total. The molecule has 0 spiro atoms. The second-order valence-electron chi connectivity index (χ2n) is 7.83. The number of rotatable bonds is 8. The number of aromatic nitrogens is 1. The Morgan fingerprint density at radius 1 is 1.03 bits per heavy atom.